The maximum atomic E-state index is 6.59. The highest BCUT2D eigenvalue weighted by Crippen LogP contribution is 2.50. The lowest BCUT2D eigenvalue weighted by atomic mass is 9.82. The normalized spacial score (nSPS) is 14.2. The van der Waals surface area contributed by atoms with Gasteiger partial charge in [0.05, 0.1) is 16.6 Å². The Morgan fingerprint density at radius 2 is 1.30 bits per heavy atom. The number of allylic oxidation sites excluding steroid dienone is 1. The Labute approximate surface area is 306 Å². The molecule has 2 aliphatic carbocycles. The molecule has 5 heteroatoms. The molecule has 252 valence electrons. The molecule has 0 bridgehead atoms. The molecular weight excluding hydrogens is 649 g/mol. The number of furan rings is 1. The first-order chi connectivity index (χ1) is 26.0. The number of rotatable bonds is 4. The van der Waals surface area contributed by atoms with Crippen LogP contribution in [0.1, 0.15) is 42.7 Å². The Kier molecular flexibility index (Phi) is 6.36. The van der Waals surface area contributed by atoms with Crippen LogP contribution in [-0.4, -0.2) is 19.5 Å². The number of benzene rings is 6. The Bertz CT molecular complexity index is 2980. The zero-order valence-electron chi connectivity index (χ0n) is 29.5. The van der Waals surface area contributed by atoms with E-state index in [-0.39, 0.29) is 5.41 Å². The summed E-state index contributed by atoms with van der Waals surface area (Å²) in [5.41, 5.74) is 13.4. The maximum Gasteiger partial charge on any atom is 0.238 e. The molecular formula is C48H34N4O. The number of nitrogens with zero attached hydrogens (tertiary/aromatic N) is 4. The quantitative estimate of drug-likeness (QED) is 0.185. The van der Waals surface area contributed by atoms with Gasteiger partial charge < -0.3 is 4.42 Å². The maximum absolute atomic E-state index is 6.59. The first-order valence-corrected chi connectivity index (χ1v) is 18.3. The number of hydrogen-bond donors (Lipinski definition) is 0. The van der Waals surface area contributed by atoms with Crippen LogP contribution in [0.3, 0.4) is 0 Å². The standard InChI is InChI=1S/C48H34N4O/c1-48(2)39-23-9-6-16-32(39)38-28-30(26-27-40(38)48)31-19-12-20-35-33-17-7-10-24-41(33)52(43(31)35)47-50-45(29-14-4-3-5-15-29)49-46(51-47)37-22-13-21-36-34-18-8-11-25-42(34)53-44(36)37/h3-10,12-24,26-28H,11,25H2,1-2H3. The molecule has 0 radical (unpaired) electrons. The third-order valence-electron chi connectivity index (χ3n) is 11.3. The molecule has 53 heavy (non-hydrogen) atoms. The first kappa shape index (κ1) is 30.1. The smallest absolute Gasteiger partial charge is 0.238 e. The van der Waals surface area contributed by atoms with Crippen molar-refractivity contribution < 1.29 is 4.42 Å². The summed E-state index contributed by atoms with van der Waals surface area (Å²) in [4.78, 5) is 15.7. The first-order valence-electron chi connectivity index (χ1n) is 18.3. The average Bonchev–Trinajstić information content (AvgIpc) is 3.84. The SMILES string of the molecule is CC1(C)c2ccccc2-c2cc(-c3cccc4c5ccccc5n(-c5nc(-c6ccccc6)nc(-c6cccc7c8c(oc67)CCC=C8)n5)c34)ccc21. The predicted molar refractivity (Wildman–Crippen MR) is 215 cm³/mol. The molecule has 11 rings (SSSR count). The molecule has 0 atom stereocenters. The van der Waals surface area contributed by atoms with Gasteiger partial charge in [0.1, 0.15) is 11.3 Å². The molecule has 3 heterocycles. The number of fused-ring (bicyclic) bond motifs is 9. The number of aromatic nitrogens is 4. The van der Waals surface area contributed by atoms with Gasteiger partial charge >= 0.3 is 0 Å². The van der Waals surface area contributed by atoms with E-state index in [9.17, 15) is 0 Å². The molecule has 9 aromatic rings. The van der Waals surface area contributed by atoms with Gasteiger partial charge in [-0.2, -0.15) is 9.97 Å². The van der Waals surface area contributed by atoms with Gasteiger partial charge in [-0.05, 0) is 52.4 Å². The van der Waals surface area contributed by atoms with Crippen molar-refractivity contribution in [3.8, 4) is 51.0 Å². The van der Waals surface area contributed by atoms with Crippen molar-refractivity contribution in [3.63, 3.8) is 0 Å². The van der Waals surface area contributed by atoms with Crippen molar-refractivity contribution in [1.29, 1.82) is 0 Å². The van der Waals surface area contributed by atoms with E-state index >= 15 is 0 Å². The molecule has 0 saturated heterocycles. The van der Waals surface area contributed by atoms with Gasteiger partial charge in [0, 0.05) is 44.7 Å². The number of hydrogen-bond acceptors (Lipinski definition) is 4. The van der Waals surface area contributed by atoms with Gasteiger partial charge in [-0.3, -0.25) is 4.57 Å². The highest BCUT2D eigenvalue weighted by molar-refractivity contribution is 6.14. The monoisotopic (exact) mass is 682 g/mol. The number of para-hydroxylation sites is 3. The minimum absolute atomic E-state index is 0.0626. The lowest BCUT2D eigenvalue weighted by Crippen LogP contribution is -2.14. The van der Waals surface area contributed by atoms with Crippen LogP contribution in [0.4, 0.5) is 0 Å². The Balaban J connectivity index is 1.20. The molecule has 0 unspecified atom stereocenters. The van der Waals surface area contributed by atoms with Crippen molar-refractivity contribution in [2.24, 2.45) is 0 Å². The third kappa shape index (κ3) is 4.40. The van der Waals surface area contributed by atoms with E-state index in [1.165, 1.54) is 22.3 Å². The summed E-state index contributed by atoms with van der Waals surface area (Å²) >= 11 is 0. The van der Waals surface area contributed by atoms with Crippen LogP contribution in [0.25, 0.3) is 89.8 Å². The summed E-state index contributed by atoms with van der Waals surface area (Å²) in [5, 5.41) is 3.38. The zero-order chi connectivity index (χ0) is 35.3. The van der Waals surface area contributed by atoms with Gasteiger partial charge in [-0.1, -0.05) is 141 Å². The Hall–Kier alpha value is -6.59. The van der Waals surface area contributed by atoms with E-state index in [2.05, 4.69) is 146 Å². The van der Waals surface area contributed by atoms with E-state index in [1.807, 2.05) is 18.2 Å². The van der Waals surface area contributed by atoms with Crippen molar-refractivity contribution in [2.45, 2.75) is 32.1 Å². The molecule has 3 aromatic heterocycles. The summed E-state index contributed by atoms with van der Waals surface area (Å²) in [6.07, 6.45) is 6.26. The van der Waals surface area contributed by atoms with E-state index in [0.717, 1.165) is 79.2 Å². The highest BCUT2D eigenvalue weighted by Gasteiger charge is 2.35. The van der Waals surface area contributed by atoms with Gasteiger partial charge in [-0.25, -0.2) is 4.98 Å². The third-order valence-corrected chi connectivity index (χ3v) is 11.3. The Morgan fingerprint density at radius 3 is 2.21 bits per heavy atom. The average molecular weight is 683 g/mol. The van der Waals surface area contributed by atoms with E-state index in [1.54, 1.807) is 0 Å². The van der Waals surface area contributed by atoms with Crippen LogP contribution in [0.2, 0.25) is 0 Å². The fourth-order valence-electron chi connectivity index (χ4n) is 8.80. The summed E-state index contributed by atoms with van der Waals surface area (Å²) in [6, 6.07) is 47.4. The minimum Gasteiger partial charge on any atom is -0.460 e. The van der Waals surface area contributed by atoms with Crippen molar-refractivity contribution in [3.05, 3.63) is 162 Å². The van der Waals surface area contributed by atoms with Crippen molar-refractivity contribution >= 4 is 38.9 Å². The summed E-state index contributed by atoms with van der Waals surface area (Å²) < 4.78 is 8.82. The molecule has 0 spiro atoms. The molecule has 6 aromatic carbocycles. The molecule has 0 N–H and O–H groups in total. The lowest BCUT2D eigenvalue weighted by Gasteiger charge is -2.21. The molecule has 0 amide bonds. The second-order valence-electron chi connectivity index (χ2n) is 14.7. The number of aryl methyl sites for hydroxylation is 1. The van der Waals surface area contributed by atoms with Crippen LogP contribution in [-0.2, 0) is 11.8 Å². The van der Waals surface area contributed by atoms with Gasteiger partial charge in [0.25, 0.3) is 0 Å². The molecule has 5 nitrogen and oxygen atoms in total. The molecule has 0 saturated carbocycles. The fraction of sp³-hybridized carbons (Fsp3) is 0.104. The van der Waals surface area contributed by atoms with Crippen LogP contribution in [0, 0.1) is 0 Å². The summed E-state index contributed by atoms with van der Waals surface area (Å²) in [7, 11) is 0. The van der Waals surface area contributed by atoms with Crippen LogP contribution < -0.4 is 0 Å². The largest absolute Gasteiger partial charge is 0.460 e. The van der Waals surface area contributed by atoms with Crippen LogP contribution in [0.5, 0.6) is 0 Å². The lowest BCUT2D eigenvalue weighted by molar-refractivity contribution is 0.547. The topological polar surface area (TPSA) is 56.7 Å². The van der Waals surface area contributed by atoms with Crippen molar-refractivity contribution in [1.82, 2.24) is 19.5 Å². The van der Waals surface area contributed by atoms with Crippen LogP contribution >= 0.6 is 0 Å². The second-order valence-corrected chi connectivity index (χ2v) is 14.7. The van der Waals surface area contributed by atoms with E-state index < -0.39 is 0 Å². The second kappa shape index (κ2) is 11.2. The van der Waals surface area contributed by atoms with E-state index in [0.29, 0.717) is 17.6 Å². The summed E-state index contributed by atoms with van der Waals surface area (Å²) in [5.74, 6) is 2.76. The predicted octanol–water partition coefficient (Wildman–Crippen LogP) is 12.0. The molecule has 0 aliphatic heterocycles. The van der Waals surface area contributed by atoms with Gasteiger partial charge in [0.2, 0.25) is 5.95 Å². The highest BCUT2D eigenvalue weighted by atomic mass is 16.3. The molecule has 2 aliphatic rings. The van der Waals surface area contributed by atoms with Gasteiger partial charge in [-0.15, -0.1) is 0 Å². The van der Waals surface area contributed by atoms with E-state index in [4.69, 9.17) is 19.4 Å². The van der Waals surface area contributed by atoms with Gasteiger partial charge in [0.15, 0.2) is 11.6 Å². The molecule has 0 fully saturated rings. The minimum atomic E-state index is -0.0626. The Morgan fingerprint density at radius 1 is 0.585 bits per heavy atom. The summed E-state index contributed by atoms with van der Waals surface area (Å²) in [6.45, 7) is 4.65. The van der Waals surface area contributed by atoms with Crippen molar-refractivity contribution in [2.75, 3.05) is 0 Å². The van der Waals surface area contributed by atoms with Crippen LogP contribution in [0.15, 0.2) is 144 Å². The fourth-order valence-corrected chi connectivity index (χ4v) is 8.80. The zero-order valence-corrected chi connectivity index (χ0v) is 29.5.